The number of likely N-dealkylation sites (tertiary alicyclic amines) is 1. The molecule has 0 aromatic heterocycles. The average Bonchev–Trinajstić information content (AvgIpc) is 2.24. The van der Waals surface area contributed by atoms with Gasteiger partial charge in [0.2, 0.25) is 5.91 Å². The number of carbonyl (C=O) groups excluding carboxylic acids is 2. The molecule has 2 amide bonds. The summed E-state index contributed by atoms with van der Waals surface area (Å²) in [4.78, 5) is 25.8. The van der Waals surface area contributed by atoms with Crippen LogP contribution in [-0.2, 0) is 9.53 Å². The number of carbonyl (C=O) groups is 2. The number of amides is 2. The van der Waals surface area contributed by atoms with Gasteiger partial charge in [-0.25, -0.2) is 4.79 Å². The Morgan fingerprint density at radius 1 is 1.25 bits per heavy atom. The number of hydrogen-bond acceptors (Lipinski definition) is 3. The topological polar surface area (TPSA) is 58.6 Å². The first-order valence-electron chi connectivity index (χ1n) is 6.97. The van der Waals surface area contributed by atoms with Crippen LogP contribution in [0.3, 0.4) is 0 Å². The van der Waals surface area contributed by atoms with Gasteiger partial charge in [-0.1, -0.05) is 15.9 Å². The van der Waals surface area contributed by atoms with Gasteiger partial charge in [-0.3, -0.25) is 4.79 Å². The summed E-state index contributed by atoms with van der Waals surface area (Å²) in [6.45, 7) is 10.4. The van der Waals surface area contributed by atoms with Gasteiger partial charge in [-0.2, -0.15) is 0 Å². The Morgan fingerprint density at radius 2 is 1.85 bits per heavy atom. The van der Waals surface area contributed by atoms with Crippen molar-refractivity contribution in [3.63, 3.8) is 0 Å². The third-order valence-electron chi connectivity index (χ3n) is 2.94. The molecule has 5 nitrogen and oxygen atoms in total. The van der Waals surface area contributed by atoms with Gasteiger partial charge in [-0.15, -0.1) is 0 Å². The molecule has 1 aliphatic heterocycles. The molecule has 20 heavy (non-hydrogen) atoms. The van der Waals surface area contributed by atoms with Gasteiger partial charge < -0.3 is 15.0 Å². The standard InChI is InChI=1S/C14H25BrN2O3/c1-13(2,3)20-12(19)16-10-7-6-8-17(9-10)11(18)14(4,5)15/h10H,6-9H2,1-5H3,(H,16,19)/t10-/m1/s1. The number of alkyl carbamates (subject to hydrolysis) is 1. The predicted molar refractivity (Wildman–Crippen MR) is 82.0 cm³/mol. The van der Waals surface area contributed by atoms with E-state index in [9.17, 15) is 9.59 Å². The molecule has 0 radical (unpaired) electrons. The van der Waals surface area contributed by atoms with Crippen LogP contribution in [-0.4, -0.2) is 46.0 Å². The van der Waals surface area contributed by atoms with Gasteiger partial charge in [0, 0.05) is 19.1 Å². The Balaban J connectivity index is 2.53. The lowest BCUT2D eigenvalue weighted by atomic mass is 10.0. The lowest BCUT2D eigenvalue weighted by Crippen LogP contribution is -2.53. The van der Waals surface area contributed by atoms with E-state index in [1.165, 1.54) is 0 Å². The summed E-state index contributed by atoms with van der Waals surface area (Å²) in [6, 6.07) is -0.0441. The number of rotatable bonds is 2. The third-order valence-corrected chi connectivity index (χ3v) is 3.28. The molecule has 1 rings (SSSR count). The van der Waals surface area contributed by atoms with Crippen LogP contribution in [0, 0.1) is 0 Å². The summed E-state index contributed by atoms with van der Waals surface area (Å²) >= 11 is 3.39. The first-order chi connectivity index (χ1) is 8.99. The van der Waals surface area contributed by atoms with E-state index in [2.05, 4.69) is 21.2 Å². The summed E-state index contributed by atoms with van der Waals surface area (Å²) in [5.74, 6) is 0.0492. The fourth-order valence-electron chi connectivity index (χ4n) is 2.13. The molecule has 116 valence electrons. The fourth-order valence-corrected chi connectivity index (χ4v) is 2.38. The van der Waals surface area contributed by atoms with Crippen LogP contribution in [0.1, 0.15) is 47.5 Å². The number of halogens is 1. The molecule has 1 fully saturated rings. The van der Waals surface area contributed by atoms with Gasteiger partial charge >= 0.3 is 6.09 Å². The molecule has 1 aliphatic rings. The highest BCUT2D eigenvalue weighted by atomic mass is 79.9. The van der Waals surface area contributed by atoms with Gasteiger partial charge in [0.15, 0.2) is 0 Å². The van der Waals surface area contributed by atoms with Crippen LogP contribution in [0.5, 0.6) is 0 Å². The minimum absolute atomic E-state index is 0.0441. The maximum Gasteiger partial charge on any atom is 0.407 e. The van der Waals surface area contributed by atoms with E-state index < -0.39 is 16.0 Å². The van der Waals surface area contributed by atoms with Crippen molar-refractivity contribution in [3.8, 4) is 0 Å². The van der Waals surface area contributed by atoms with Crippen molar-refractivity contribution in [3.05, 3.63) is 0 Å². The predicted octanol–water partition coefficient (Wildman–Crippen LogP) is 2.68. The second-order valence-corrected chi connectivity index (χ2v) is 8.69. The Morgan fingerprint density at radius 3 is 2.35 bits per heavy atom. The smallest absolute Gasteiger partial charge is 0.407 e. The fraction of sp³-hybridized carbons (Fsp3) is 0.857. The van der Waals surface area contributed by atoms with Crippen LogP contribution >= 0.6 is 15.9 Å². The summed E-state index contributed by atoms with van der Waals surface area (Å²) < 4.78 is 4.67. The Hall–Kier alpha value is -0.780. The van der Waals surface area contributed by atoms with Crippen molar-refractivity contribution in [1.29, 1.82) is 0 Å². The minimum Gasteiger partial charge on any atom is -0.444 e. The third kappa shape index (κ3) is 5.69. The lowest BCUT2D eigenvalue weighted by molar-refractivity contribution is -0.134. The van der Waals surface area contributed by atoms with E-state index in [1.807, 2.05) is 34.6 Å². The largest absolute Gasteiger partial charge is 0.444 e. The van der Waals surface area contributed by atoms with Crippen molar-refractivity contribution in [2.75, 3.05) is 13.1 Å². The monoisotopic (exact) mass is 348 g/mol. The molecule has 1 heterocycles. The normalized spacial score (nSPS) is 20.5. The van der Waals surface area contributed by atoms with Gasteiger partial charge in [0.25, 0.3) is 0 Å². The van der Waals surface area contributed by atoms with E-state index in [1.54, 1.807) is 4.90 Å². The highest BCUT2D eigenvalue weighted by Crippen LogP contribution is 2.22. The molecule has 0 aliphatic carbocycles. The zero-order chi connectivity index (χ0) is 15.6. The molecule has 1 saturated heterocycles. The van der Waals surface area contributed by atoms with Crippen molar-refractivity contribution < 1.29 is 14.3 Å². The first-order valence-corrected chi connectivity index (χ1v) is 7.76. The second kappa shape index (κ2) is 6.33. The van der Waals surface area contributed by atoms with Crippen LogP contribution in [0.2, 0.25) is 0 Å². The van der Waals surface area contributed by atoms with Crippen LogP contribution in [0.25, 0.3) is 0 Å². The zero-order valence-corrected chi connectivity index (χ0v) is 14.5. The molecule has 0 aromatic carbocycles. The highest BCUT2D eigenvalue weighted by Gasteiger charge is 2.33. The van der Waals surface area contributed by atoms with Crippen LogP contribution in [0.15, 0.2) is 0 Å². The zero-order valence-electron chi connectivity index (χ0n) is 13.0. The Bertz CT molecular complexity index is 372. The highest BCUT2D eigenvalue weighted by molar-refractivity contribution is 9.10. The molecule has 0 saturated carbocycles. The second-order valence-electron chi connectivity index (χ2n) is 6.71. The number of nitrogens with one attached hydrogen (secondary N) is 1. The van der Waals surface area contributed by atoms with Crippen LogP contribution in [0.4, 0.5) is 4.79 Å². The average molecular weight is 349 g/mol. The van der Waals surface area contributed by atoms with E-state index in [0.29, 0.717) is 6.54 Å². The molecule has 6 heteroatoms. The quantitative estimate of drug-likeness (QED) is 0.780. The SMILES string of the molecule is CC(C)(C)OC(=O)N[C@@H]1CCCN(C(=O)C(C)(C)Br)C1. The maximum atomic E-state index is 12.2. The van der Waals surface area contributed by atoms with Crippen LogP contribution < -0.4 is 5.32 Å². The van der Waals surface area contributed by atoms with Gasteiger partial charge in [-0.05, 0) is 47.5 Å². The molecule has 1 N–H and O–H groups in total. The number of piperidine rings is 1. The van der Waals surface area contributed by atoms with Crippen molar-refractivity contribution in [2.45, 2.75) is 63.4 Å². The molecule has 1 atom stereocenters. The Labute approximate surface area is 129 Å². The van der Waals surface area contributed by atoms with Gasteiger partial charge in [0.05, 0.1) is 4.32 Å². The van der Waals surface area contributed by atoms with Crippen molar-refractivity contribution in [1.82, 2.24) is 10.2 Å². The van der Waals surface area contributed by atoms with E-state index in [0.717, 1.165) is 19.4 Å². The first kappa shape index (κ1) is 17.3. The van der Waals surface area contributed by atoms with E-state index >= 15 is 0 Å². The summed E-state index contributed by atoms with van der Waals surface area (Å²) in [7, 11) is 0. The molecule has 0 aromatic rings. The molecular formula is C14H25BrN2O3. The summed E-state index contributed by atoms with van der Waals surface area (Å²) in [6.07, 6.45) is 1.33. The molecular weight excluding hydrogens is 324 g/mol. The number of hydrogen-bond donors (Lipinski definition) is 1. The number of ether oxygens (including phenoxy) is 1. The van der Waals surface area contributed by atoms with E-state index in [4.69, 9.17) is 4.74 Å². The summed E-state index contributed by atoms with van der Waals surface area (Å²) in [5.41, 5.74) is -0.508. The van der Waals surface area contributed by atoms with Crippen molar-refractivity contribution in [2.24, 2.45) is 0 Å². The molecule has 0 unspecified atom stereocenters. The molecule has 0 bridgehead atoms. The summed E-state index contributed by atoms with van der Waals surface area (Å²) in [5, 5.41) is 2.84. The van der Waals surface area contributed by atoms with E-state index in [-0.39, 0.29) is 11.9 Å². The van der Waals surface area contributed by atoms with Gasteiger partial charge in [0.1, 0.15) is 5.60 Å². The molecule has 0 spiro atoms. The Kier molecular flexibility index (Phi) is 5.46. The number of nitrogens with zero attached hydrogens (tertiary/aromatic N) is 1. The van der Waals surface area contributed by atoms with Crippen molar-refractivity contribution >= 4 is 27.9 Å². The minimum atomic E-state index is -0.569. The number of alkyl halides is 1. The lowest BCUT2D eigenvalue weighted by Gasteiger charge is -2.36. The maximum absolute atomic E-state index is 12.2.